The number of carbonyl (C=O) groups excluding carboxylic acids is 3. The van der Waals surface area contributed by atoms with Crippen molar-refractivity contribution in [2.75, 3.05) is 12.3 Å². The van der Waals surface area contributed by atoms with Crippen LogP contribution in [0.2, 0.25) is 0 Å². The maximum absolute atomic E-state index is 12.8. The van der Waals surface area contributed by atoms with E-state index in [1.54, 1.807) is 6.07 Å². The molecule has 9 nitrogen and oxygen atoms in total. The number of nitrogens with one attached hydrogen (secondary N) is 1. The summed E-state index contributed by atoms with van der Waals surface area (Å²) in [5, 5.41) is 2.38. The fourth-order valence-corrected chi connectivity index (χ4v) is 5.43. The van der Waals surface area contributed by atoms with Crippen molar-refractivity contribution in [3.63, 3.8) is 0 Å². The van der Waals surface area contributed by atoms with E-state index in [1.165, 1.54) is 12.1 Å². The van der Waals surface area contributed by atoms with Crippen LogP contribution in [-0.2, 0) is 24.4 Å². The molecule has 3 fully saturated rings. The Balaban J connectivity index is 1.45. The van der Waals surface area contributed by atoms with Crippen LogP contribution in [0.25, 0.3) is 0 Å². The maximum atomic E-state index is 12.8. The predicted octanol–water partition coefficient (Wildman–Crippen LogP) is 1.01. The number of fused-ring (bicyclic) bond motifs is 1. The topological polar surface area (TPSA) is 136 Å². The van der Waals surface area contributed by atoms with Gasteiger partial charge >= 0.3 is 11.9 Å². The standard InChI is InChI=1S/C18H18INO8S/c19-11-2-1-8(16(21)20-3-4-29(24,25)26)6-13(11)28-17(22)14-9-5-10-12(7-9)27-18(23)15(10)14/h1-2,6,9-10,12,14-15H,3-5,7H2,(H,20,21)(H,24,25,26). The van der Waals surface area contributed by atoms with Gasteiger partial charge in [-0.1, -0.05) is 0 Å². The van der Waals surface area contributed by atoms with Gasteiger partial charge in [0.1, 0.15) is 11.9 Å². The van der Waals surface area contributed by atoms with E-state index >= 15 is 0 Å². The van der Waals surface area contributed by atoms with Crippen LogP contribution in [0, 0.1) is 27.2 Å². The van der Waals surface area contributed by atoms with Gasteiger partial charge in [-0.25, -0.2) is 0 Å². The van der Waals surface area contributed by atoms with E-state index in [9.17, 15) is 22.8 Å². The zero-order valence-corrected chi connectivity index (χ0v) is 18.0. The molecule has 2 aliphatic carbocycles. The molecule has 1 aromatic rings. The molecular formula is C18H18INO8S. The first-order valence-corrected chi connectivity index (χ1v) is 11.8. The minimum atomic E-state index is -4.18. The van der Waals surface area contributed by atoms with Crippen LogP contribution in [0.15, 0.2) is 18.2 Å². The molecule has 0 aromatic heterocycles. The maximum Gasteiger partial charge on any atom is 0.315 e. The molecule has 1 aliphatic heterocycles. The monoisotopic (exact) mass is 535 g/mol. The molecule has 1 saturated heterocycles. The molecule has 2 N–H and O–H groups in total. The first kappa shape index (κ1) is 20.5. The van der Waals surface area contributed by atoms with E-state index in [1.807, 2.05) is 22.6 Å². The molecule has 2 saturated carbocycles. The summed E-state index contributed by atoms with van der Waals surface area (Å²) in [5.41, 5.74) is 0.178. The van der Waals surface area contributed by atoms with Crippen molar-refractivity contribution in [2.24, 2.45) is 23.7 Å². The van der Waals surface area contributed by atoms with Crippen LogP contribution < -0.4 is 10.1 Å². The lowest BCUT2D eigenvalue weighted by atomic mass is 9.80. The average molecular weight is 535 g/mol. The molecule has 5 atom stereocenters. The van der Waals surface area contributed by atoms with Crippen LogP contribution in [-0.4, -0.2) is 49.2 Å². The van der Waals surface area contributed by atoms with Gasteiger partial charge in [-0.05, 0) is 59.5 Å². The highest BCUT2D eigenvalue weighted by Gasteiger charge is 2.64. The van der Waals surface area contributed by atoms with E-state index < -0.39 is 39.6 Å². The summed E-state index contributed by atoms with van der Waals surface area (Å²) < 4.78 is 41.7. The predicted molar refractivity (Wildman–Crippen MR) is 107 cm³/mol. The van der Waals surface area contributed by atoms with Gasteiger partial charge in [0.15, 0.2) is 0 Å². The van der Waals surface area contributed by atoms with Gasteiger partial charge in [-0.3, -0.25) is 18.9 Å². The van der Waals surface area contributed by atoms with E-state index in [0.29, 0.717) is 9.99 Å². The lowest BCUT2D eigenvalue weighted by Crippen LogP contribution is -2.35. The van der Waals surface area contributed by atoms with Crippen molar-refractivity contribution in [1.29, 1.82) is 0 Å². The number of halogens is 1. The molecule has 29 heavy (non-hydrogen) atoms. The number of hydrogen-bond acceptors (Lipinski definition) is 7. The van der Waals surface area contributed by atoms with Gasteiger partial charge in [-0.2, -0.15) is 8.42 Å². The Bertz CT molecular complexity index is 992. The van der Waals surface area contributed by atoms with E-state index in [0.717, 1.165) is 6.42 Å². The average Bonchev–Trinajstić information content (AvgIpc) is 3.24. The Morgan fingerprint density at radius 2 is 2.07 bits per heavy atom. The zero-order valence-electron chi connectivity index (χ0n) is 15.0. The largest absolute Gasteiger partial charge is 0.462 e. The van der Waals surface area contributed by atoms with Gasteiger partial charge in [0.2, 0.25) is 0 Å². The molecule has 2 bridgehead atoms. The number of carbonyl (C=O) groups is 3. The molecule has 5 unspecified atom stereocenters. The molecule has 4 rings (SSSR count). The molecule has 1 amide bonds. The third kappa shape index (κ3) is 3.99. The second-order valence-electron chi connectivity index (χ2n) is 7.53. The zero-order chi connectivity index (χ0) is 20.9. The molecular weight excluding hydrogens is 517 g/mol. The second-order valence-corrected chi connectivity index (χ2v) is 10.3. The summed E-state index contributed by atoms with van der Waals surface area (Å²) in [6, 6.07) is 4.51. The molecule has 0 radical (unpaired) electrons. The second kappa shape index (κ2) is 7.51. The number of ether oxygens (including phenoxy) is 2. The normalized spacial score (nSPS) is 29.6. The minimum Gasteiger partial charge on any atom is -0.462 e. The molecule has 0 spiro atoms. The van der Waals surface area contributed by atoms with Crippen LogP contribution in [0.1, 0.15) is 23.2 Å². The van der Waals surface area contributed by atoms with E-state index in [4.69, 9.17) is 14.0 Å². The number of benzene rings is 1. The van der Waals surface area contributed by atoms with Gasteiger partial charge in [0.05, 0.1) is 21.2 Å². The van der Waals surface area contributed by atoms with Crippen LogP contribution >= 0.6 is 22.6 Å². The van der Waals surface area contributed by atoms with Crippen LogP contribution in [0.4, 0.5) is 0 Å². The van der Waals surface area contributed by atoms with Crippen molar-refractivity contribution in [3.05, 3.63) is 27.3 Å². The molecule has 1 aromatic carbocycles. The van der Waals surface area contributed by atoms with Crippen molar-refractivity contribution >= 4 is 50.6 Å². The van der Waals surface area contributed by atoms with E-state index in [2.05, 4.69) is 5.32 Å². The Morgan fingerprint density at radius 3 is 2.79 bits per heavy atom. The summed E-state index contributed by atoms with van der Waals surface area (Å²) in [6.07, 6.45) is 1.39. The SMILES string of the molecule is O=C(NCCS(=O)(=O)O)c1ccc(I)c(OC(=O)C2C3CC4OC(=O)C2C4C3)c1. The minimum absolute atomic E-state index is 0.0681. The molecule has 1 heterocycles. The van der Waals surface area contributed by atoms with Crippen molar-refractivity contribution in [1.82, 2.24) is 5.32 Å². The lowest BCUT2D eigenvalue weighted by Gasteiger charge is -2.23. The Hall–Kier alpha value is -1.73. The fourth-order valence-electron chi connectivity index (χ4n) is 4.62. The Morgan fingerprint density at radius 1 is 1.31 bits per heavy atom. The highest BCUT2D eigenvalue weighted by molar-refractivity contribution is 14.1. The number of amides is 1. The fraction of sp³-hybridized carbons (Fsp3) is 0.500. The van der Waals surface area contributed by atoms with Gasteiger partial charge in [0.25, 0.3) is 16.0 Å². The van der Waals surface area contributed by atoms with E-state index in [-0.39, 0.29) is 41.8 Å². The first-order chi connectivity index (χ1) is 13.6. The van der Waals surface area contributed by atoms with Crippen LogP contribution in [0.5, 0.6) is 5.75 Å². The summed E-state index contributed by atoms with van der Waals surface area (Å²) in [6.45, 7) is -0.255. The highest BCUT2D eigenvalue weighted by atomic mass is 127. The summed E-state index contributed by atoms with van der Waals surface area (Å²) in [4.78, 5) is 37.1. The number of hydrogen-bond donors (Lipinski definition) is 2. The Labute approximate surface area is 180 Å². The van der Waals surface area contributed by atoms with Crippen molar-refractivity contribution in [3.8, 4) is 5.75 Å². The van der Waals surface area contributed by atoms with Crippen molar-refractivity contribution < 1.29 is 36.8 Å². The first-order valence-electron chi connectivity index (χ1n) is 9.09. The third-order valence-electron chi connectivity index (χ3n) is 5.80. The summed E-state index contributed by atoms with van der Waals surface area (Å²) >= 11 is 1.97. The smallest absolute Gasteiger partial charge is 0.315 e. The highest BCUT2D eigenvalue weighted by Crippen LogP contribution is 2.57. The van der Waals surface area contributed by atoms with Gasteiger partial charge in [-0.15, -0.1) is 0 Å². The van der Waals surface area contributed by atoms with Gasteiger partial charge in [0, 0.05) is 18.0 Å². The lowest BCUT2D eigenvalue weighted by molar-refractivity contribution is -0.149. The summed E-state index contributed by atoms with van der Waals surface area (Å²) in [5.74, 6) is -2.63. The molecule has 3 aliphatic rings. The van der Waals surface area contributed by atoms with Crippen molar-refractivity contribution in [2.45, 2.75) is 18.9 Å². The Kier molecular flexibility index (Phi) is 5.32. The molecule has 11 heteroatoms. The third-order valence-corrected chi connectivity index (χ3v) is 7.42. The number of esters is 2. The van der Waals surface area contributed by atoms with Gasteiger partial charge < -0.3 is 14.8 Å². The molecule has 156 valence electrons. The quantitative estimate of drug-likeness (QED) is 0.239. The van der Waals surface area contributed by atoms with Crippen LogP contribution in [0.3, 0.4) is 0 Å². The number of rotatable bonds is 6. The summed E-state index contributed by atoms with van der Waals surface area (Å²) in [7, 11) is -4.18.